The van der Waals surface area contributed by atoms with Gasteiger partial charge in [-0.1, -0.05) is 219 Å². The molecule has 0 bridgehead atoms. The summed E-state index contributed by atoms with van der Waals surface area (Å²) < 4.78 is 23.2. The lowest BCUT2D eigenvalue weighted by Gasteiger charge is -2.29. The number of aliphatic hydroxyl groups excluding tert-OH is 1. The third-order valence-corrected chi connectivity index (χ3v) is 12.0. The molecule has 1 amide bonds. The Balaban J connectivity index is 4.13. The van der Waals surface area contributed by atoms with Crippen molar-refractivity contribution in [1.29, 1.82) is 0 Å². The number of likely N-dealkylation sites (N-methyl/N-ethyl adjacent to an activating group) is 1. The topological polar surface area (TPSA) is 108 Å². The molecule has 0 aromatic heterocycles. The Kier molecular flexibility index (Phi) is 39.1. The second kappa shape index (κ2) is 39.7. The van der Waals surface area contributed by atoms with Gasteiger partial charge in [-0.15, -0.1) is 0 Å². The van der Waals surface area contributed by atoms with Gasteiger partial charge < -0.3 is 28.8 Å². The molecule has 9 heteroatoms. The van der Waals surface area contributed by atoms with Gasteiger partial charge in [-0.05, 0) is 19.3 Å². The Morgan fingerprint density at radius 2 is 0.964 bits per heavy atom. The number of carbonyl (C=O) groups excluding carboxylic acids is 1. The van der Waals surface area contributed by atoms with Crippen LogP contribution in [0.3, 0.4) is 0 Å². The van der Waals surface area contributed by atoms with E-state index in [1.807, 2.05) is 27.2 Å². The zero-order valence-electron chi connectivity index (χ0n) is 37.9. The second-order valence-corrected chi connectivity index (χ2v) is 19.2. The Hall–Kier alpha value is -0.760. The molecule has 334 valence electrons. The molecule has 0 aromatic rings. The smallest absolute Gasteiger partial charge is 0.268 e. The zero-order chi connectivity index (χ0) is 41.4. The highest BCUT2D eigenvalue weighted by Crippen LogP contribution is 2.38. The van der Waals surface area contributed by atoms with E-state index in [-0.39, 0.29) is 19.1 Å². The number of nitrogens with one attached hydrogen (secondary N) is 1. The maximum Gasteiger partial charge on any atom is 0.268 e. The molecule has 0 spiro atoms. The highest BCUT2D eigenvalue weighted by atomic mass is 31.2. The summed E-state index contributed by atoms with van der Waals surface area (Å²) in [5.41, 5.74) is 0. The van der Waals surface area contributed by atoms with Crippen LogP contribution in [0, 0.1) is 0 Å². The number of carbonyl (C=O) groups is 1. The number of phosphoric acid groups is 1. The number of amides is 1. The molecule has 0 aliphatic heterocycles. The fraction of sp³-hybridized carbons (Fsp3) is 0.936. The number of phosphoric ester groups is 1. The third-order valence-electron chi connectivity index (χ3n) is 11.0. The molecule has 8 nitrogen and oxygen atoms in total. The molecule has 3 unspecified atom stereocenters. The molecule has 0 heterocycles. The Labute approximate surface area is 348 Å². The van der Waals surface area contributed by atoms with E-state index < -0.39 is 20.0 Å². The molecule has 0 saturated heterocycles. The maximum absolute atomic E-state index is 12.8. The average Bonchev–Trinajstić information content (AvgIpc) is 3.15. The summed E-state index contributed by atoms with van der Waals surface area (Å²) in [6, 6.07) is -0.879. The van der Waals surface area contributed by atoms with Crippen LogP contribution in [0.4, 0.5) is 0 Å². The largest absolute Gasteiger partial charge is 0.756 e. The van der Waals surface area contributed by atoms with Crippen molar-refractivity contribution in [3.05, 3.63) is 12.2 Å². The summed E-state index contributed by atoms with van der Waals surface area (Å²) in [5, 5.41) is 13.7. The normalized spacial score (nSPS) is 14.3. The van der Waals surface area contributed by atoms with Crippen molar-refractivity contribution in [3.63, 3.8) is 0 Å². The van der Waals surface area contributed by atoms with Crippen molar-refractivity contribution in [2.45, 2.75) is 244 Å². The van der Waals surface area contributed by atoms with Gasteiger partial charge in [0.2, 0.25) is 5.91 Å². The van der Waals surface area contributed by atoms with Gasteiger partial charge in [0.1, 0.15) is 13.2 Å². The van der Waals surface area contributed by atoms with Crippen LogP contribution in [-0.2, 0) is 18.4 Å². The van der Waals surface area contributed by atoms with Crippen LogP contribution in [0.1, 0.15) is 232 Å². The van der Waals surface area contributed by atoms with Gasteiger partial charge in [-0.25, -0.2) is 0 Å². The lowest BCUT2D eigenvalue weighted by atomic mass is 10.0. The number of hydrogen-bond acceptors (Lipinski definition) is 6. The maximum atomic E-state index is 12.8. The SMILES string of the molecule is CCCCCCCCCC/C=C/C(O)C(COP(=O)([O-])OCC[N+](C)(C)C)NC(=O)CCCCCCCCCCCCCCCCCCCCCCCCCC. The summed E-state index contributed by atoms with van der Waals surface area (Å²) in [5.74, 6) is -0.195. The Morgan fingerprint density at radius 1 is 0.607 bits per heavy atom. The van der Waals surface area contributed by atoms with E-state index in [0.29, 0.717) is 17.4 Å². The van der Waals surface area contributed by atoms with Crippen LogP contribution in [0.5, 0.6) is 0 Å². The van der Waals surface area contributed by atoms with Crippen molar-refractivity contribution < 1.29 is 32.9 Å². The number of quaternary nitrogens is 1. The van der Waals surface area contributed by atoms with Crippen molar-refractivity contribution in [1.82, 2.24) is 5.32 Å². The highest BCUT2D eigenvalue weighted by Gasteiger charge is 2.23. The first-order valence-electron chi connectivity index (χ1n) is 24.1. The molecule has 0 aliphatic rings. The van der Waals surface area contributed by atoms with E-state index >= 15 is 0 Å². The summed E-state index contributed by atoms with van der Waals surface area (Å²) in [6.07, 6.45) is 45.6. The lowest BCUT2D eigenvalue weighted by Crippen LogP contribution is -2.45. The Morgan fingerprint density at radius 3 is 1.34 bits per heavy atom. The van der Waals surface area contributed by atoms with E-state index in [1.165, 1.54) is 173 Å². The van der Waals surface area contributed by atoms with Crippen molar-refractivity contribution in [2.75, 3.05) is 40.9 Å². The van der Waals surface area contributed by atoms with Crippen LogP contribution >= 0.6 is 7.82 Å². The highest BCUT2D eigenvalue weighted by molar-refractivity contribution is 7.45. The van der Waals surface area contributed by atoms with Gasteiger partial charge in [0, 0.05) is 6.42 Å². The first kappa shape index (κ1) is 55.2. The molecule has 0 aromatic carbocycles. The van der Waals surface area contributed by atoms with Gasteiger partial charge in [0.15, 0.2) is 0 Å². The summed E-state index contributed by atoms with van der Waals surface area (Å²) in [6.45, 7) is 4.65. The minimum Gasteiger partial charge on any atom is -0.756 e. The first-order valence-corrected chi connectivity index (χ1v) is 25.5. The second-order valence-electron chi connectivity index (χ2n) is 17.8. The molecule has 2 N–H and O–H groups in total. The zero-order valence-corrected chi connectivity index (χ0v) is 38.7. The fourth-order valence-electron chi connectivity index (χ4n) is 7.15. The molecule has 0 saturated carbocycles. The van der Waals surface area contributed by atoms with E-state index in [9.17, 15) is 19.4 Å². The number of nitrogens with zero attached hydrogens (tertiary/aromatic N) is 1. The van der Waals surface area contributed by atoms with E-state index in [0.717, 1.165) is 38.5 Å². The van der Waals surface area contributed by atoms with E-state index in [4.69, 9.17) is 9.05 Å². The summed E-state index contributed by atoms with van der Waals surface area (Å²) in [7, 11) is 1.27. The minimum atomic E-state index is -4.58. The minimum absolute atomic E-state index is 0.00191. The summed E-state index contributed by atoms with van der Waals surface area (Å²) in [4.78, 5) is 25.3. The molecular weight excluding hydrogens is 719 g/mol. The number of rotatable bonds is 44. The molecule has 0 radical (unpaired) electrons. The van der Waals surface area contributed by atoms with Crippen LogP contribution in [0.15, 0.2) is 12.2 Å². The van der Waals surface area contributed by atoms with Crippen molar-refractivity contribution in [2.24, 2.45) is 0 Å². The molecule has 56 heavy (non-hydrogen) atoms. The molecular formula is C47H95N2O6P. The molecule has 0 rings (SSSR count). The number of aliphatic hydroxyl groups is 1. The molecule has 0 fully saturated rings. The van der Waals surface area contributed by atoms with Gasteiger partial charge in [-0.3, -0.25) is 9.36 Å². The number of allylic oxidation sites excluding steroid dienone is 1. The number of hydrogen-bond donors (Lipinski definition) is 2. The first-order chi connectivity index (χ1) is 27.0. The average molecular weight is 815 g/mol. The van der Waals surface area contributed by atoms with Crippen LogP contribution in [-0.4, -0.2) is 68.5 Å². The predicted molar refractivity (Wildman–Crippen MR) is 238 cm³/mol. The van der Waals surface area contributed by atoms with E-state index in [1.54, 1.807) is 6.08 Å². The third kappa shape index (κ3) is 41.4. The standard InChI is InChI=1S/C47H95N2O6P/c1-6-8-10-12-14-16-18-19-20-21-22-23-24-25-26-27-28-29-30-31-33-35-37-39-41-47(51)48-45(44-55-56(52,53)54-43-42-49(3,4)5)46(50)40-38-36-34-32-17-15-13-11-9-7-2/h38,40,45-46,50H,6-37,39,41-44H2,1-5H3,(H-,48,51,52,53)/b40-38+. The monoisotopic (exact) mass is 815 g/mol. The van der Waals surface area contributed by atoms with Gasteiger partial charge in [0.25, 0.3) is 7.82 Å². The number of unbranched alkanes of at least 4 members (excludes halogenated alkanes) is 31. The Bertz CT molecular complexity index is 927. The molecule has 0 aliphatic carbocycles. The van der Waals surface area contributed by atoms with Crippen molar-refractivity contribution in [3.8, 4) is 0 Å². The van der Waals surface area contributed by atoms with E-state index in [2.05, 4.69) is 19.2 Å². The fourth-order valence-corrected chi connectivity index (χ4v) is 7.88. The van der Waals surface area contributed by atoms with Crippen LogP contribution < -0.4 is 10.2 Å². The predicted octanol–water partition coefficient (Wildman–Crippen LogP) is 12.9. The lowest BCUT2D eigenvalue weighted by molar-refractivity contribution is -0.870. The molecule has 3 atom stereocenters. The quantitative estimate of drug-likeness (QED) is 0.0274. The van der Waals surface area contributed by atoms with Crippen LogP contribution in [0.25, 0.3) is 0 Å². The summed E-state index contributed by atoms with van der Waals surface area (Å²) >= 11 is 0. The van der Waals surface area contributed by atoms with Gasteiger partial charge in [0.05, 0.1) is 39.9 Å². The van der Waals surface area contributed by atoms with Crippen molar-refractivity contribution >= 4 is 13.7 Å². The van der Waals surface area contributed by atoms with Gasteiger partial charge in [-0.2, -0.15) is 0 Å². The van der Waals surface area contributed by atoms with Crippen LogP contribution in [0.2, 0.25) is 0 Å². The van der Waals surface area contributed by atoms with Gasteiger partial charge >= 0.3 is 0 Å².